The molecule has 0 bridgehead atoms. The van der Waals surface area contributed by atoms with Gasteiger partial charge in [0.25, 0.3) is 0 Å². The van der Waals surface area contributed by atoms with Crippen molar-refractivity contribution in [2.45, 2.75) is 30.8 Å². The smallest absolute Gasteiger partial charge is 0.247 e. The zero-order valence-corrected chi connectivity index (χ0v) is 13.8. The van der Waals surface area contributed by atoms with E-state index in [1.54, 1.807) is 11.3 Å². The van der Waals surface area contributed by atoms with Gasteiger partial charge in [-0.05, 0) is 60.3 Å². The first kappa shape index (κ1) is 13.8. The van der Waals surface area contributed by atoms with Crippen molar-refractivity contribution < 1.29 is 4.79 Å². The summed E-state index contributed by atoms with van der Waals surface area (Å²) in [6.45, 7) is 1.94. The van der Waals surface area contributed by atoms with Crippen LogP contribution in [0.5, 0.6) is 0 Å². The minimum absolute atomic E-state index is 0.234. The van der Waals surface area contributed by atoms with Crippen molar-refractivity contribution in [3.05, 3.63) is 52.7 Å². The fraction of sp³-hybridized carbons (Fsp3) is 0.421. The molecule has 0 aliphatic carbocycles. The molecular formula is C19H20N2OS. The molecule has 4 heterocycles. The number of hydrogen-bond donors (Lipinski definition) is 0. The third-order valence-electron chi connectivity index (χ3n) is 6.04. The zero-order valence-electron chi connectivity index (χ0n) is 13.0. The van der Waals surface area contributed by atoms with Gasteiger partial charge in [-0.3, -0.25) is 9.69 Å². The molecule has 1 amide bonds. The molecule has 1 aromatic carbocycles. The highest BCUT2D eigenvalue weighted by Gasteiger charge is 2.65. The Morgan fingerprint density at radius 1 is 1.17 bits per heavy atom. The summed E-state index contributed by atoms with van der Waals surface area (Å²) >= 11 is 1.76. The second-order valence-corrected chi connectivity index (χ2v) is 7.76. The minimum Gasteiger partial charge on any atom is -0.310 e. The van der Waals surface area contributed by atoms with Crippen molar-refractivity contribution in [1.29, 1.82) is 0 Å². The third-order valence-corrected chi connectivity index (χ3v) is 6.74. The lowest BCUT2D eigenvalue weighted by molar-refractivity contribution is -0.126. The maximum atomic E-state index is 13.4. The van der Waals surface area contributed by atoms with Crippen LogP contribution < -0.4 is 4.90 Å². The van der Waals surface area contributed by atoms with E-state index in [1.165, 1.54) is 5.56 Å². The Hall–Kier alpha value is -1.65. The van der Waals surface area contributed by atoms with Gasteiger partial charge in [-0.15, -0.1) is 0 Å². The monoisotopic (exact) mass is 324 g/mol. The van der Waals surface area contributed by atoms with Gasteiger partial charge in [-0.1, -0.05) is 18.2 Å². The Bertz CT molecular complexity index is 729. The highest BCUT2D eigenvalue weighted by Crippen LogP contribution is 2.56. The fourth-order valence-electron chi connectivity index (χ4n) is 5.10. The molecule has 3 saturated heterocycles. The summed E-state index contributed by atoms with van der Waals surface area (Å²) < 4.78 is 0. The largest absolute Gasteiger partial charge is 0.310 e. The van der Waals surface area contributed by atoms with Crippen LogP contribution in [0, 0.1) is 5.92 Å². The van der Waals surface area contributed by atoms with Crippen LogP contribution in [0.4, 0.5) is 5.69 Å². The normalized spacial score (nSPS) is 33.2. The summed E-state index contributed by atoms with van der Waals surface area (Å²) in [4.78, 5) is 18.0. The van der Waals surface area contributed by atoms with E-state index < -0.39 is 0 Å². The van der Waals surface area contributed by atoms with Crippen molar-refractivity contribution in [2.24, 2.45) is 5.92 Å². The summed E-state index contributed by atoms with van der Waals surface area (Å²) in [5, 5.41) is 4.42. The molecule has 0 saturated carbocycles. The zero-order chi connectivity index (χ0) is 15.4. The summed E-state index contributed by atoms with van der Waals surface area (Å²) in [6.07, 6.45) is 3.29. The van der Waals surface area contributed by atoms with Gasteiger partial charge in [0.15, 0.2) is 0 Å². The van der Waals surface area contributed by atoms with E-state index in [4.69, 9.17) is 0 Å². The average molecular weight is 324 g/mol. The van der Waals surface area contributed by atoms with Gasteiger partial charge in [-0.25, -0.2) is 0 Å². The van der Waals surface area contributed by atoms with E-state index in [0.29, 0.717) is 17.9 Å². The molecule has 3 aliphatic rings. The average Bonchev–Trinajstić information content (AvgIpc) is 3.32. The van der Waals surface area contributed by atoms with E-state index >= 15 is 0 Å². The Morgan fingerprint density at radius 2 is 2.04 bits per heavy atom. The van der Waals surface area contributed by atoms with Crippen LogP contribution in [-0.2, 0) is 4.79 Å². The van der Waals surface area contributed by atoms with Crippen LogP contribution in [-0.4, -0.2) is 29.4 Å². The summed E-state index contributed by atoms with van der Waals surface area (Å²) in [5.74, 6) is 0.798. The molecule has 0 unspecified atom stereocenters. The Balaban J connectivity index is 1.53. The number of anilines is 1. The summed E-state index contributed by atoms with van der Waals surface area (Å²) in [6, 6.07) is 12.9. The number of amides is 1. The molecular weight excluding hydrogens is 304 g/mol. The standard InChI is InChI=1S/C19H20N2OS/c22-18-19-8-4-9-21(19)17(14-7-10-23-13-14)11-15(19)12-20(18)16-5-2-1-3-6-16/h1-3,5-7,10,13,15,17H,4,8-9,11-12H2/t15-,17-,19-/m0/s1. The van der Waals surface area contributed by atoms with Gasteiger partial charge in [0.1, 0.15) is 5.54 Å². The van der Waals surface area contributed by atoms with E-state index in [0.717, 1.165) is 38.0 Å². The summed E-state index contributed by atoms with van der Waals surface area (Å²) in [5.41, 5.74) is 2.23. The lowest BCUT2D eigenvalue weighted by Crippen LogP contribution is -2.49. The lowest BCUT2D eigenvalue weighted by Gasteiger charge is -2.33. The molecule has 118 valence electrons. The number of para-hydroxylation sites is 1. The first-order chi connectivity index (χ1) is 11.3. The Labute approximate surface area is 140 Å². The number of benzene rings is 1. The molecule has 3 atom stereocenters. The van der Waals surface area contributed by atoms with Gasteiger partial charge < -0.3 is 4.90 Å². The maximum Gasteiger partial charge on any atom is 0.247 e. The first-order valence-electron chi connectivity index (χ1n) is 8.46. The van der Waals surface area contributed by atoms with Gasteiger partial charge in [0.2, 0.25) is 5.91 Å². The van der Waals surface area contributed by atoms with Crippen molar-refractivity contribution in [1.82, 2.24) is 4.90 Å². The van der Waals surface area contributed by atoms with E-state index in [-0.39, 0.29) is 5.54 Å². The number of hydrogen-bond acceptors (Lipinski definition) is 3. The molecule has 3 aliphatic heterocycles. The van der Waals surface area contributed by atoms with E-state index in [2.05, 4.69) is 33.9 Å². The molecule has 4 heteroatoms. The molecule has 0 N–H and O–H groups in total. The van der Waals surface area contributed by atoms with Gasteiger partial charge in [0, 0.05) is 24.2 Å². The van der Waals surface area contributed by atoms with E-state index in [9.17, 15) is 4.79 Å². The van der Waals surface area contributed by atoms with Crippen LogP contribution in [0.2, 0.25) is 0 Å². The lowest BCUT2D eigenvalue weighted by atomic mass is 9.85. The Kier molecular flexibility index (Phi) is 2.94. The quantitative estimate of drug-likeness (QED) is 0.841. The highest BCUT2D eigenvalue weighted by molar-refractivity contribution is 7.08. The van der Waals surface area contributed by atoms with Gasteiger partial charge in [0.05, 0.1) is 0 Å². The van der Waals surface area contributed by atoms with Crippen LogP contribution >= 0.6 is 11.3 Å². The molecule has 23 heavy (non-hydrogen) atoms. The number of carbonyl (C=O) groups is 1. The number of rotatable bonds is 2. The maximum absolute atomic E-state index is 13.4. The van der Waals surface area contributed by atoms with Crippen molar-refractivity contribution in [3.63, 3.8) is 0 Å². The molecule has 5 rings (SSSR count). The van der Waals surface area contributed by atoms with Crippen LogP contribution in [0.3, 0.4) is 0 Å². The molecule has 3 fully saturated rings. The van der Waals surface area contributed by atoms with Gasteiger partial charge in [-0.2, -0.15) is 11.3 Å². The predicted octanol–water partition coefficient (Wildman–Crippen LogP) is 3.69. The third kappa shape index (κ3) is 1.76. The SMILES string of the molecule is O=C1N(c2ccccc2)C[C@@H]2C[C@@H](c3ccsc3)N3CCC[C@@]123. The van der Waals surface area contributed by atoms with Gasteiger partial charge >= 0.3 is 0 Å². The van der Waals surface area contributed by atoms with E-state index in [1.807, 2.05) is 23.1 Å². The van der Waals surface area contributed by atoms with Crippen LogP contribution in [0.25, 0.3) is 0 Å². The number of carbonyl (C=O) groups excluding carboxylic acids is 1. The molecule has 1 spiro atoms. The van der Waals surface area contributed by atoms with Crippen molar-refractivity contribution in [3.8, 4) is 0 Å². The minimum atomic E-state index is -0.234. The molecule has 3 nitrogen and oxygen atoms in total. The molecule has 0 radical (unpaired) electrons. The Morgan fingerprint density at radius 3 is 2.83 bits per heavy atom. The van der Waals surface area contributed by atoms with Crippen LogP contribution in [0.1, 0.15) is 30.9 Å². The summed E-state index contributed by atoms with van der Waals surface area (Å²) in [7, 11) is 0. The molecule has 1 aromatic heterocycles. The van der Waals surface area contributed by atoms with Crippen LogP contribution in [0.15, 0.2) is 47.2 Å². The number of thiophene rings is 1. The second-order valence-electron chi connectivity index (χ2n) is 6.98. The first-order valence-corrected chi connectivity index (χ1v) is 9.41. The molecule has 2 aromatic rings. The highest BCUT2D eigenvalue weighted by atomic mass is 32.1. The second kappa shape index (κ2) is 4.92. The van der Waals surface area contributed by atoms with Crippen molar-refractivity contribution in [2.75, 3.05) is 18.0 Å². The predicted molar refractivity (Wildman–Crippen MR) is 92.6 cm³/mol. The van der Waals surface area contributed by atoms with Crippen molar-refractivity contribution >= 4 is 22.9 Å². The fourth-order valence-corrected chi connectivity index (χ4v) is 5.81. The number of nitrogens with zero attached hydrogens (tertiary/aromatic N) is 2. The topological polar surface area (TPSA) is 23.6 Å².